The Morgan fingerprint density at radius 1 is 0.726 bits per heavy atom. The van der Waals surface area contributed by atoms with Gasteiger partial charge in [0, 0.05) is 65.5 Å². The number of carbonyl (C=O) groups excluding carboxylic acids is 1. The number of ether oxygens (including phenoxy) is 7. The minimum Gasteiger partial charge on any atom is -0.379 e. The summed E-state index contributed by atoms with van der Waals surface area (Å²) in [5.74, 6) is 0.0281. The summed E-state index contributed by atoms with van der Waals surface area (Å²) >= 11 is 0. The highest BCUT2D eigenvalue weighted by molar-refractivity contribution is 6.03. The summed E-state index contributed by atoms with van der Waals surface area (Å²) in [4.78, 5) is 16.8. The van der Waals surface area contributed by atoms with Crippen molar-refractivity contribution in [2.45, 2.75) is 64.7 Å². The zero-order valence-corrected chi connectivity index (χ0v) is 37.9. The van der Waals surface area contributed by atoms with Gasteiger partial charge in [0.1, 0.15) is 6.61 Å². The maximum absolute atomic E-state index is 11.7. The van der Waals surface area contributed by atoms with Gasteiger partial charge in [0.25, 0.3) is 0 Å². The van der Waals surface area contributed by atoms with Crippen LogP contribution in [0.25, 0.3) is 10.4 Å². The van der Waals surface area contributed by atoms with Crippen molar-refractivity contribution in [3.63, 3.8) is 0 Å². The van der Waals surface area contributed by atoms with E-state index in [1.807, 2.05) is 0 Å². The van der Waals surface area contributed by atoms with Crippen LogP contribution in [0.2, 0.25) is 0 Å². The molecule has 0 atom stereocenters. The van der Waals surface area contributed by atoms with Gasteiger partial charge in [-0.1, -0.05) is 86.9 Å². The van der Waals surface area contributed by atoms with E-state index < -0.39 is 0 Å². The van der Waals surface area contributed by atoms with Gasteiger partial charge < -0.3 is 43.4 Å². The molecule has 0 unspecified atom stereocenters. The van der Waals surface area contributed by atoms with E-state index in [1.54, 1.807) is 0 Å². The van der Waals surface area contributed by atoms with E-state index in [4.69, 9.17) is 38.7 Å². The van der Waals surface area contributed by atoms with Crippen LogP contribution in [0.3, 0.4) is 0 Å². The molecule has 62 heavy (non-hydrogen) atoms. The molecule has 0 aliphatic carbocycles. The van der Waals surface area contributed by atoms with Gasteiger partial charge in [0.2, 0.25) is 11.6 Å². The summed E-state index contributed by atoms with van der Waals surface area (Å²) in [6.07, 6.45) is 13.3. The number of unbranched alkanes of at least 4 members (excludes halogenated alkanes) is 1. The monoisotopic (exact) mass is 860 g/mol. The smallest absolute Gasteiger partial charge is 0.222 e. The van der Waals surface area contributed by atoms with Crippen molar-refractivity contribution >= 4 is 23.0 Å². The molecule has 2 aliphatic rings. The molecular weight excluding hydrogens is 789 g/mol. The Labute approximate surface area is 369 Å². The summed E-state index contributed by atoms with van der Waals surface area (Å²) in [5.41, 5.74) is 15.4. The molecule has 2 aliphatic heterocycles. The number of benzene rings is 2. The zero-order valence-electron chi connectivity index (χ0n) is 37.9. The normalized spacial score (nSPS) is 15.8. The molecule has 0 radical (unpaired) electrons. The van der Waals surface area contributed by atoms with Gasteiger partial charge in [0.05, 0.1) is 91.3 Å². The Hall–Kier alpha value is -4.37. The maximum Gasteiger partial charge on any atom is 0.222 e. The molecule has 2 aromatic rings. The molecule has 0 bridgehead atoms. The van der Waals surface area contributed by atoms with E-state index in [9.17, 15) is 4.79 Å². The third kappa shape index (κ3) is 16.1. The van der Waals surface area contributed by atoms with Crippen LogP contribution in [-0.4, -0.2) is 135 Å². The molecule has 1 N–H and O–H groups in total. The van der Waals surface area contributed by atoms with Crippen LogP contribution in [0.1, 0.15) is 65.0 Å². The fraction of sp³-hybridized carbons (Fsp3) is 0.583. The number of amides is 1. The van der Waals surface area contributed by atoms with Crippen LogP contribution in [0.4, 0.5) is 11.4 Å². The van der Waals surface area contributed by atoms with E-state index in [0.717, 1.165) is 32.5 Å². The number of anilines is 1. The van der Waals surface area contributed by atoms with E-state index in [0.29, 0.717) is 105 Å². The minimum absolute atomic E-state index is 0.0281. The second-order valence-electron chi connectivity index (χ2n) is 16.0. The minimum atomic E-state index is -0.171. The first-order valence-electron chi connectivity index (χ1n) is 22.2. The van der Waals surface area contributed by atoms with Crippen LogP contribution in [0.5, 0.6) is 0 Å². The fourth-order valence-electron chi connectivity index (χ4n) is 7.54. The third-order valence-corrected chi connectivity index (χ3v) is 10.8. The number of nitrogens with zero attached hydrogens (tertiary/aromatic N) is 5. The van der Waals surface area contributed by atoms with Crippen molar-refractivity contribution in [2.24, 2.45) is 5.11 Å². The molecule has 0 saturated heterocycles. The number of carbonyl (C=O) groups is 1. The number of nitrogens with one attached hydrogen (secondary N) is 1. The highest BCUT2D eigenvalue weighted by atomic mass is 16.6. The molecule has 0 spiro atoms. The first kappa shape index (κ1) is 50.3. The van der Waals surface area contributed by atoms with Crippen molar-refractivity contribution in [3.8, 4) is 0 Å². The van der Waals surface area contributed by atoms with Crippen molar-refractivity contribution in [1.82, 2.24) is 5.32 Å². The van der Waals surface area contributed by atoms with Crippen molar-refractivity contribution in [3.05, 3.63) is 106 Å². The number of azide groups is 1. The second-order valence-corrected chi connectivity index (χ2v) is 16.0. The summed E-state index contributed by atoms with van der Waals surface area (Å²) in [6.45, 7) is 20.4. The van der Waals surface area contributed by atoms with E-state index in [-0.39, 0.29) is 16.7 Å². The van der Waals surface area contributed by atoms with Crippen LogP contribution < -0.4 is 10.2 Å². The number of fused-ring (bicyclic) bond motifs is 2. The Balaban J connectivity index is 1.22. The lowest BCUT2D eigenvalue weighted by Gasteiger charge is -2.27. The van der Waals surface area contributed by atoms with Crippen molar-refractivity contribution < 1.29 is 42.5 Å². The predicted octanol–water partition coefficient (Wildman–Crippen LogP) is 7.59. The molecule has 2 aromatic carbocycles. The van der Waals surface area contributed by atoms with Gasteiger partial charge in [-0.05, 0) is 43.5 Å². The van der Waals surface area contributed by atoms with Crippen molar-refractivity contribution in [2.75, 3.05) is 124 Å². The number of hydrogen-bond acceptors (Lipinski definition) is 10. The fourth-order valence-corrected chi connectivity index (χ4v) is 7.54. The first-order chi connectivity index (χ1) is 30.2. The molecule has 14 heteroatoms. The molecule has 0 saturated carbocycles. The van der Waals surface area contributed by atoms with E-state index in [1.165, 1.54) is 33.9 Å². The Morgan fingerprint density at radius 2 is 1.31 bits per heavy atom. The average molecular weight is 860 g/mol. The molecule has 0 fully saturated rings. The summed E-state index contributed by atoms with van der Waals surface area (Å²) in [7, 11) is 0. The van der Waals surface area contributed by atoms with Crippen LogP contribution in [0.15, 0.2) is 89.7 Å². The van der Waals surface area contributed by atoms with Crippen LogP contribution in [0, 0.1) is 0 Å². The van der Waals surface area contributed by atoms with Gasteiger partial charge in [0.15, 0.2) is 12.3 Å². The van der Waals surface area contributed by atoms with Crippen LogP contribution in [-0.2, 0) is 48.8 Å². The molecule has 0 aromatic heterocycles. The largest absolute Gasteiger partial charge is 0.379 e. The zero-order chi connectivity index (χ0) is 44.3. The van der Waals surface area contributed by atoms with E-state index in [2.05, 4.69) is 138 Å². The van der Waals surface area contributed by atoms with Gasteiger partial charge in [-0.3, -0.25) is 4.79 Å². The lowest BCUT2D eigenvalue weighted by atomic mass is 9.81. The topological polar surface area (TPSA) is 149 Å². The average Bonchev–Trinajstić information content (AvgIpc) is 3.62. The van der Waals surface area contributed by atoms with Gasteiger partial charge in [-0.15, -0.1) is 0 Å². The summed E-state index contributed by atoms with van der Waals surface area (Å²) in [6, 6.07) is 17.2. The lowest BCUT2D eigenvalue weighted by Crippen LogP contribution is -2.29. The van der Waals surface area contributed by atoms with Crippen LogP contribution >= 0.6 is 0 Å². The van der Waals surface area contributed by atoms with E-state index >= 15 is 0 Å². The van der Waals surface area contributed by atoms with Gasteiger partial charge in [-0.25, -0.2) is 0 Å². The SMILES string of the molecule is CCCCNC(=O)CCOCCOCCOCCOCC[N+]1=C(C=CC=CC=C2N(CCOCCOCCOCCN=[N+]=[N-])c3ccccc3C2(C)C)C(C)(C)c2ccccc21. The summed E-state index contributed by atoms with van der Waals surface area (Å²) < 4.78 is 42.2. The third-order valence-electron chi connectivity index (χ3n) is 10.8. The first-order valence-corrected chi connectivity index (χ1v) is 22.2. The molecule has 14 nitrogen and oxygen atoms in total. The molecule has 340 valence electrons. The highest BCUT2D eigenvalue weighted by Crippen LogP contribution is 2.47. The Kier molecular flexibility index (Phi) is 23.0. The standard InChI is InChI=1S/C48H70N6O8/c1-6-7-22-50-46(55)21-26-56-30-34-60-38-39-62-37-33-59-29-25-54-43-18-14-12-16-41(43)48(4,5)45(54)20-10-8-9-19-44-47(2,3)40-15-11-13-17-42(40)53(44)24-28-58-32-36-61-35-31-57-27-23-51-52-49/h8-20H,6-7,21-39H2,1-5H3/p+1. The number of allylic oxidation sites excluding steroid dienone is 6. The second kappa shape index (κ2) is 28.3. The number of hydrogen-bond donors (Lipinski definition) is 1. The lowest BCUT2D eigenvalue weighted by molar-refractivity contribution is -0.442. The van der Waals surface area contributed by atoms with Crippen molar-refractivity contribution in [1.29, 1.82) is 0 Å². The van der Waals surface area contributed by atoms with Gasteiger partial charge >= 0.3 is 0 Å². The highest BCUT2D eigenvalue weighted by Gasteiger charge is 2.44. The maximum atomic E-state index is 11.7. The Morgan fingerprint density at radius 3 is 1.97 bits per heavy atom. The quantitative estimate of drug-likeness (QED) is 0.0191. The number of para-hydroxylation sites is 2. The molecule has 4 rings (SSSR count). The Bertz CT molecular complexity index is 1820. The molecule has 1 amide bonds. The number of rotatable bonds is 33. The van der Waals surface area contributed by atoms with Gasteiger partial charge in [-0.2, -0.15) is 4.58 Å². The molecule has 2 heterocycles. The summed E-state index contributed by atoms with van der Waals surface area (Å²) in [5, 5.41) is 6.34. The molecular formula is C48H71N6O8+. The predicted molar refractivity (Wildman–Crippen MR) is 245 cm³/mol.